The fourth-order valence-electron chi connectivity index (χ4n) is 4.89. The Morgan fingerprint density at radius 3 is 2.55 bits per heavy atom. The van der Waals surface area contributed by atoms with Crippen LogP contribution in [-0.4, -0.2) is 47.1 Å². The van der Waals surface area contributed by atoms with Gasteiger partial charge in [0, 0.05) is 36.0 Å². The molecule has 2 nitrogen and oxygen atoms in total. The molecule has 3 fully saturated rings. The summed E-state index contributed by atoms with van der Waals surface area (Å²) in [6, 6.07) is 1.59. The third-order valence-electron chi connectivity index (χ3n) is 6.07. The van der Waals surface area contributed by atoms with E-state index in [1.165, 1.54) is 58.0 Å². The van der Waals surface area contributed by atoms with Crippen molar-refractivity contribution in [2.75, 3.05) is 19.3 Å². The normalized spacial score (nSPS) is 38.1. The van der Waals surface area contributed by atoms with Crippen LogP contribution in [0.25, 0.3) is 0 Å². The van der Waals surface area contributed by atoms with Gasteiger partial charge in [-0.2, -0.15) is 11.8 Å². The average molecular weight is 297 g/mol. The van der Waals surface area contributed by atoms with Gasteiger partial charge in [-0.25, -0.2) is 0 Å². The Bertz CT molecular complexity index is 325. The molecule has 0 bridgehead atoms. The fraction of sp³-hybridized carbons (Fsp3) is 1.00. The van der Waals surface area contributed by atoms with E-state index in [4.69, 9.17) is 0 Å². The number of thioether (sulfide) groups is 1. The molecule has 2 aliphatic carbocycles. The Morgan fingerprint density at radius 2 is 1.90 bits per heavy atom. The first-order chi connectivity index (χ1) is 9.65. The van der Waals surface area contributed by atoms with E-state index in [-0.39, 0.29) is 0 Å². The molecule has 3 atom stereocenters. The maximum atomic E-state index is 3.96. The van der Waals surface area contributed by atoms with Crippen LogP contribution < -0.4 is 5.32 Å². The zero-order valence-corrected chi connectivity index (χ0v) is 14.3. The summed E-state index contributed by atoms with van der Waals surface area (Å²) >= 11 is 2.12. The van der Waals surface area contributed by atoms with Crippen LogP contribution >= 0.6 is 11.8 Å². The molecule has 2 saturated carbocycles. The van der Waals surface area contributed by atoms with E-state index in [9.17, 15) is 0 Å². The number of nitrogens with one attached hydrogen (secondary N) is 1. The lowest BCUT2D eigenvalue weighted by Crippen LogP contribution is -2.67. The van der Waals surface area contributed by atoms with Crippen LogP contribution in [0.15, 0.2) is 0 Å². The van der Waals surface area contributed by atoms with Crippen molar-refractivity contribution in [1.82, 2.24) is 10.2 Å². The molecule has 0 amide bonds. The first-order valence-corrected chi connectivity index (χ1v) is 9.97. The summed E-state index contributed by atoms with van der Waals surface area (Å²) in [5.41, 5.74) is 0.469. The largest absolute Gasteiger partial charge is 0.308 e. The molecule has 1 N–H and O–H groups in total. The number of hydrogen-bond acceptors (Lipinski definition) is 3. The second kappa shape index (κ2) is 6.18. The first kappa shape index (κ1) is 15.2. The molecule has 20 heavy (non-hydrogen) atoms. The zero-order valence-electron chi connectivity index (χ0n) is 13.5. The van der Waals surface area contributed by atoms with E-state index in [1.807, 2.05) is 0 Å². The summed E-state index contributed by atoms with van der Waals surface area (Å²) in [7, 11) is 0. The highest BCUT2D eigenvalue weighted by molar-refractivity contribution is 7.99. The van der Waals surface area contributed by atoms with Gasteiger partial charge in [0.15, 0.2) is 0 Å². The van der Waals surface area contributed by atoms with Gasteiger partial charge in [0.2, 0.25) is 0 Å². The molecule has 3 aliphatic rings. The van der Waals surface area contributed by atoms with Gasteiger partial charge in [0.25, 0.3) is 0 Å². The molecule has 1 aliphatic heterocycles. The van der Waals surface area contributed by atoms with Gasteiger partial charge < -0.3 is 5.32 Å². The second-order valence-corrected chi connectivity index (χ2v) is 8.70. The van der Waals surface area contributed by atoms with Crippen molar-refractivity contribution in [3.8, 4) is 0 Å². The van der Waals surface area contributed by atoms with Crippen LogP contribution in [0.5, 0.6) is 0 Å². The van der Waals surface area contributed by atoms with Crippen molar-refractivity contribution in [2.45, 2.75) is 81.7 Å². The summed E-state index contributed by atoms with van der Waals surface area (Å²) < 4.78 is 0. The molecular formula is C17H32N2S. The van der Waals surface area contributed by atoms with E-state index in [0.717, 1.165) is 23.3 Å². The fourth-order valence-corrected chi connectivity index (χ4v) is 5.90. The smallest absolute Gasteiger partial charge is 0.0309 e. The van der Waals surface area contributed by atoms with E-state index >= 15 is 0 Å². The monoisotopic (exact) mass is 296 g/mol. The average Bonchev–Trinajstić information content (AvgIpc) is 3.07. The summed E-state index contributed by atoms with van der Waals surface area (Å²) in [5, 5.41) is 4.85. The predicted molar refractivity (Wildman–Crippen MR) is 89.5 cm³/mol. The van der Waals surface area contributed by atoms with Gasteiger partial charge in [-0.05, 0) is 37.9 Å². The van der Waals surface area contributed by atoms with Crippen molar-refractivity contribution in [1.29, 1.82) is 0 Å². The van der Waals surface area contributed by atoms with E-state index in [1.54, 1.807) is 0 Å². The minimum absolute atomic E-state index is 0.469. The van der Waals surface area contributed by atoms with Crippen LogP contribution in [0.4, 0.5) is 0 Å². The second-order valence-electron chi connectivity index (χ2n) is 7.62. The highest BCUT2D eigenvalue weighted by Gasteiger charge is 2.46. The Kier molecular flexibility index (Phi) is 4.69. The Hall–Kier alpha value is 0.270. The highest BCUT2D eigenvalue weighted by Crippen LogP contribution is 2.40. The topological polar surface area (TPSA) is 15.3 Å². The van der Waals surface area contributed by atoms with Crippen LogP contribution in [0.3, 0.4) is 0 Å². The van der Waals surface area contributed by atoms with Gasteiger partial charge in [-0.1, -0.05) is 33.1 Å². The number of hydrogen-bond donors (Lipinski definition) is 1. The maximum absolute atomic E-state index is 3.96. The number of rotatable bonds is 3. The van der Waals surface area contributed by atoms with E-state index in [2.05, 4.69) is 42.1 Å². The van der Waals surface area contributed by atoms with Crippen molar-refractivity contribution in [2.24, 2.45) is 5.92 Å². The minimum Gasteiger partial charge on any atom is -0.308 e. The summed E-state index contributed by atoms with van der Waals surface area (Å²) in [6.07, 6.45) is 12.3. The van der Waals surface area contributed by atoms with E-state index in [0.29, 0.717) is 5.54 Å². The lowest BCUT2D eigenvalue weighted by atomic mass is 9.87. The van der Waals surface area contributed by atoms with E-state index < -0.39 is 0 Å². The minimum atomic E-state index is 0.469. The summed E-state index contributed by atoms with van der Waals surface area (Å²) in [5.74, 6) is 0.768. The molecule has 116 valence electrons. The van der Waals surface area contributed by atoms with Crippen LogP contribution in [0.2, 0.25) is 0 Å². The molecule has 0 radical (unpaired) electrons. The molecule has 3 heteroatoms. The number of nitrogens with zero attached hydrogens (tertiary/aromatic N) is 1. The van der Waals surface area contributed by atoms with Gasteiger partial charge in [-0.15, -0.1) is 0 Å². The van der Waals surface area contributed by atoms with Crippen molar-refractivity contribution < 1.29 is 0 Å². The lowest BCUT2D eigenvalue weighted by Gasteiger charge is -2.51. The van der Waals surface area contributed by atoms with Crippen molar-refractivity contribution in [3.63, 3.8) is 0 Å². The Morgan fingerprint density at radius 1 is 1.15 bits per heavy atom. The van der Waals surface area contributed by atoms with Gasteiger partial charge >= 0.3 is 0 Å². The van der Waals surface area contributed by atoms with Gasteiger partial charge in [-0.3, -0.25) is 4.90 Å². The van der Waals surface area contributed by atoms with Crippen molar-refractivity contribution >= 4 is 11.8 Å². The molecule has 0 aromatic carbocycles. The standard InChI is InChI=1S/C17H32N2S/c1-13(2)15-11-18-17(9-4-5-10-17)12-19(15)14-7-6-8-16(14)20-3/h13-16,18H,4-12H2,1-3H3. The Balaban J connectivity index is 1.78. The molecule has 3 rings (SSSR count). The SMILES string of the molecule is CSC1CCCC1N1CC2(CCCC2)NCC1C(C)C. The Labute approximate surface area is 129 Å². The quantitative estimate of drug-likeness (QED) is 0.858. The first-order valence-electron chi connectivity index (χ1n) is 8.69. The molecule has 1 saturated heterocycles. The molecule has 1 spiro atoms. The maximum Gasteiger partial charge on any atom is 0.0309 e. The van der Waals surface area contributed by atoms with Gasteiger partial charge in [0.05, 0.1) is 0 Å². The molecule has 3 unspecified atom stereocenters. The molecule has 0 aromatic heterocycles. The van der Waals surface area contributed by atoms with Crippen molar-refractivity contribution in [3.05, 3.63) is 0 Å². The summed E-state index contributed by atoms with van der Waals surface area (Å²) in [4.78, 5) is 2.95. The molecule has 0 aromatic rings. The number of piperazine rings is 1. The summed E-state index contributed by atoms with van der Waals surface area (Å²) in [6.45, 7) is 7.36. The van der Waals surface area contributed by atoms with Gasteiger partial charge in [0.1, 0.15) is 0 Å². The molecule has 1 heterocycles. The molecular weight excluding hydrogens is 264 g/mol. The predicted octanol–water partition coefficient (Wildman–Crippen LogP) is 3.51. The zero-order chi connectivity index (χ0) is 14.2. The third kappa shape index (κ3) is 2.78. The third-order valence-corrected chi connectivity index (χ3v) is 7.23. The van der Waals surface area contributed by atoms with Crippen LogP contribution in [0.1, 0.15) is 58.8 Å². The van der Waals surface area contributed by atoms with Crippen LogP contribution in [0, 0.1) is 5.92 Å². The lowest BCUT2D eigenvalue weighted by molar-refractivity contribution is 0.0254. The van der Waals surface area contributed by atoms with Crippen LogP contribution in [-0.2, 0) is 0 Å². The highest BCUT2D eigenvalue weighted by atomic mass is 32.2.